The van der Waals surface area contributed by atoms with Crippen molar-refractivity contribution >= 4 is 73.3 Å². The summed E-state index contributed by atoms with van der Waals surface area (Å²) < 4.78 is 2.45. The fourth-order valence-electron chi connectivity index (χ4n) is 10.4. The van der Waals surface area contributed by atoms with Crippen molar-refractivity contribution in [3.05, 3.63) is 139 Å². The van der Waals surface area contributed by atoms with E-state index in [9.17, 15) is 0 Å². The van der Waals surface area contributed by atoms with E-state index >= 15 is 0 Å². The van der Waals surface area contributed by atoms with E-state index in [0.717, 1.165) is 0 Å². The van der Waals surface area contributed by atoms with Gasteiger partial charge in [0.2, 0.25) is 0 Å². The van der Waals surface area contributed by atoms with Crippen molar-refractivity contribution in [2.24, 2.45) is 0 Å². The van der Waals surface area contributed by atoms with Crippen molar-refractivity contribution in [2.75, 3.05) is 9.80 Å². The molecule has 0 bridgehead atoms. The lowest BCUT2D eigenvalue weighted by molar-refractivity contribution is 0.195. The predicted molar refractivity (Wildman–Crippen MR) is 203 cm³/mol. The zero-order valence-electron chi connectivity index (χ0n) is 27.4. The fraction of sp³-hybridized carbons (Fsp3) is 0.182. The Morgan fingerprint density at radius 1 is 0.562 bits per heavy atom. The van der Waals surface area contributed by atoms with Crippen LogP contribution in [0.1, 0.15) is 45.1 Å². The second kappa shape index (κ2) is 9.23. The number of para-hydroxylation sites is 4. The highest BCUT2D eigenvalue weighted by atomic mass is 15.3. The van der Waals surface area contributed by atoms with Gasteiger partial charge in [-0.05, 0) is 90.2 Å². The van der Waals surface area contributed by atoms with E-state index in [0.29, 0.717) is 0 Å². The summed E-state index contributed by atoms with van der Waals surface area (Å²) in [6, 6.07) is 50.2. The molecule has 2 unspecified atom stereocenters. The van der Waals surface area contributed by atoms with Crippen LogP contribution in [0.2, 0.25) is 0 Å². The summed E-state index contributed by atoms with van der Waals surface area (Å²) in [5, 5.41) is 2.58. The van der Waals surface area contributed by atoms with Gasteiger partial charge in [-0.2, -0.15) is 0 Å². The number of nitrogens with zero attached hydrogens (tertiary/aromatic N) is 3. The maximum absolute atomic E-state index is 2.80. The number of hydrogen-bond donors (Lipinski definition) is 0. The first-order chi connectivity index (χ1) is 23.6. The molecule has 1 aliphatic carbocycles. The summed E-state index contributed by atoms with van der Waals surface area (Å²) in [6.45, 7) is 5.27. The Morgan fingerprint density at radius 2 is 1.25 bits per heavy atom. The number of fused-ring (bicyclic) bond motifs is 10. The van der Waals surface area contributed by atoms with Gasteiger partial charge in [0.15, 0.2) is 0 Å². The minimum absolute atomic E-state index is 0.0437. The third-order valence-electron chi connectivity index (χ3n) is 12.7. The van der Waals surface area contributed by atoms with Crippen LogP contribution in [0.25, 0.3) is 27.5 Å². The van der Waals surface area contributed by atoms with Gasteiger partial charge in [-0.3, -0.25) is 0 Å². The standard InChI is InChI=1S/C44H36BN3/c1-43-26-10-11-27-44(43,2)48-39-23-13-22-38-41(39)45(35-19-12-18-33(43)42(35)48)34-25-24-30(28-40(34)46(38)29-14-4-3-5-15-29)47-36-20-8-6-16-31(36)32-17-7-9-21-37(32)47/h3-9,12-25,28H,10-11,26-27H2,1-2H3. The first-order valence-corrected chi connectivity index (χ1v) is 17.6. The van der Waals surface area contributed by atoms with Crippen LogP contribution in [-0.2, 0) is 5.41 Å². The maximum Gasteiger partial charge on any atom is 0.252 e. The van der Waals surface area contributed by atoms with Crippen molar-refractivity contribution in [3.63, 3.8) is 0 Å². The summed E-state index contributed by atoms with van der Waals surface area (Å²) in [7, 11) is 0. The molecule has 48 heavy (non-hydrogen) atoms. The van der Waals surface area contributed by atoms with Gasteiger partial charge in [0.1, 0.15) is 0 Å². The maximum atomic E-state index is 2.80. The van der Waals surface area contributed by atoms with Crippen LogP contribution in [0.15, 0.2) is 133 Å². The van der Waals surface area contributed by atoms with Crippen molar-refractivity contribution in [2.45, 2.75) is 50.5 Å². The van der Waals surface area contributed by atoms with Crippen molar-refractivity contribution in [1.29, 1.82) is 0 Å². The highest BCUT2D eigenvalue weighted by Crippen LogP contribution is 2.61. The van der Waals surface area contributed by atoms with Crippen LogP contribution in [0.3, 0.4) is 0 Å². The van der Waals surface area contributed by atoms with Gasteiger partial charge in [0.05, 0.1) is 16.6 Å². The van der Waals surface area contributed by atoms with Crippen molar-refractivity contribution in [3.8, 4) is 5.69 Å². The van der Waals surface area contributed by atoms with Gasteiger partial charge in [-0.15, -0.1) is 0 Å². The Balaban J connectivity index is 1.23. The second-order valence-electron chi connectivity index (χ2n) is 14.8. The van der Waals surface area contributed by atoms with Gasteiger partial charge in [-0.1, -0.05) is 105 Å². The molecule has 0 N–H and O–H groups in total. The lowest BCUT2D eigenvalue weighted by Gasteiger charge is -2.52. The molecule has 0 radical (unpaired) electrons. The number of anilines is 5. The first-order valence-electron chi connectivity index (χ1n) is 17.6. The highest BCUT2D eigenvalue weighted by Gasteiger charge is 2.61. The largest absolute Gasteiger partial charge is 0.335 e. The molecule has 11 rings (SSSR count). The van der Waals surface area contributed by atoms with Gasteiger partial charge in [0, 0.05) is 50.3 Å². The molecule has 1 saturated carbocycles. The second-order valence-corrected chi connectivity index (χ2v) is 14.8. The van der Waals surface area contributed by atoms with Gasteiger partial charge >= 0.3 is 0 Å². The normalized spacial score (nSPS) is 21.7. The van der Waals surface area contributed by atoms with Gasteiger partial charge in [0.25, 0.3) is 6.71 Å². The summed E-state index contributed by atoms with van der Waals surface area (Å²) in [4.78, 5) is 5.34. The van der Waals surface area contributed by atoms with E-state index in [4.69, 9.17) is 0 Å². The highest BCUT2D eigenvalue weighted by molar-refractivity contribution is 7.00. The SMILES string of the molecule is CC12CCCCC1(C)N1c3cccc4c3B(c3ccc(-n5c6ccccc6c6ccccc65)cc3N4c3ccccc3)c3cccc2c31. The number of aromatic nitrogens is 1. The number of hydrogen-bond acceptors (Lipinski definition) is 2. The van der Waals surface area contributed by atoms with E-state index in [2.05, 4.69) is 162 Å². The Kier molecular flexibility index (Phi) is 5.15. The molecule has 0 saturated heterocycles. The molecule has 7 aromatic rings. The van der Waals surface area contributed by atoms with Crippen LogP contribution in [0, 0.1) is 0 Å². The zero-order chi connectivity index (χ0) is 31.8. The molecule has 3 nitrogen and oxygen atoms in total. The number of benzene rings is 6. The molecule has 3 aliphatic heterocycles. The minimum Gasteiger partial charge on any atom is -0.335 e. The Bertz CT molecular complexity index is 2430. The lowest BCUT2D eigenvalue weighted by atomic mass is 9.33. The molecule has 6 aromatic carbocycles. The summed E-state index contributed by atoms with van der Waals surface area (Å²) >= 11 is 0. The molecular weight excluding hydrogens is 581 g/mol. The zero-order valence-corrected chi connectivity index (χ0v) is 27.4. The fourth-order valence-corrected chi connectivity index (χ4v) is 10.4. The van der Waals surface area contributed by atoms with Crippen LogP contribution >= 0.6 is 0 Å². The third kappa shape index (κ3) is 3.12. The molecule has 2 atom stereocenters. The smallest absolute Gasteiger partial charge is 0.252 e. The summed E-state index contributed by atoms with van der Waals surface area (Å²) in [5.41, 5.74) is 16.3. The number of rotatable bonds is 2. The molecule has 4 heteroatoms. The average Bonchev–Trinajstić information content (AvgIpc) is 3.57. The van der Waals surface area contributed by atoms with Gasteiger partial charge < -0.3 is 14.4 Å². The average molecular weight is 618 g/mol. The molecule has 4 heterocycles. The topological polar surface area (TPSA) is 11.4 Å². The van der Waals surface area contributed by atoms with Crippen LogP contribution in [0.4, 0.5) is 28.4 Å². The molecule has 1 fully saturated rings. The third-order valence-corrected chi connectivity index (χ3v) is 12.7. The predicted octanol–water partition coefficient (Wildman–Crippen LogP) is 9.14. The summed E-state index contributed by atoms with van der Waals surface area (Å²) in [5.74, 6) is 0. The van der Waals surface area contributed by atoms with Crippen LogP contribution < -0.4 is 26.2 Å². The van der Waals surface area contributed by atoms with E-state index in [-0.39, 0.29) is 17.7 Å². The van der Waals surface area contributed by atoms with Crippen LogP contribution in [-0.4, -0.2) is 16.8 Å². The monoisotopic (exact) mass is 617 g/mol. The first kappa shape index (κ1) is 26.8. The Morgan fingerprint density at radius 3 is 2.04 bits per heavy atom. The quantitative estimate of drug-likeness (QED) is 0.179. The summed E-state index contributed by atoms with van der Waals surface area (Å²) in [6.07, 6.45) is 5.04. The minimum atomic E-state index is 0.0437. The van der Waals surface area contributed by atoms with Gasteiger partial charge in [-0.25, -0.2) is 0 Å². The van der Waals surface area contributed by atoms with Crippen molar-refractivity contribution < 1.29 is 0 Å². The van der Waals surface area contributed by atoms with E-state index in [1.54, 1.807) is 5.56 Å². The van der Waals surface area contributed by atoms with Crippen LogP contribution in [0.5, 0.6) is 0 Å². The molecule has 0 amide bonds. The van der Waals surface area contributed by atoms with E-state index < -0.39 is 0 Å². The lowest BCUT2D eigenvalue weighted by Crippen LogP contribution is -2.64. The molecule has 0 spiro atoms. The molecule has 4 aliphatic rings. The molecular formula is C44H36BN3. The molecule has 230 valence electrons. The van der Waals surface area contributed by atoms with E-state index in [1.807, 2.05) is 0 Å². The molecule has 1 aromatic heterocycles. The van der Waals surface area contributed by atoms with Crippen molar-refractivity contribution in [1.82, 2.24) is 4.57 Å². The Hall–Kier alpha value is -5.22. The Labute approximate surface area is 282 Å². The van der Waals surface area contributed by atoms with E-state index in [1.165, 1.54) is 98.0 Å².